The summed E-state index contributed by atoms with van der Waals surface area (Å²) in [5.41, 5.74) is 4.02. The fourth-order valence-corrected chi connectivity index (χ4v) is 1.60. The summed E-state index contributed by atoms with van der Waals surface area (Å²) in [4.78, 5) is 0. The van der Waals surface area contributed by atoms with E-state index in [0.717, 1.165) is 10.7 Å². The quantitative estimate of drug-likeness (QED) is 0.632. The molecule has 0 fully saturated rings. The molecule has 2 aromatic rings. The van der Waals surface area contributed by atoms with Crippen molar-refractivity contribution in [3.63, 3.8) is 0 Å². The monoisotopic (exact) mass is 259 g/mol. The van der Waals surface area contributed by atoms with Crippen LogP contribution in [0.25, 0.3) is 11.1 Å². The van der Waals surface area contributed by atoms with Gasteiger partial charge >= 0.3 is 6.18 Å². The number of halogens is 4. The van der Waals surface area contributed by atoms with Crippen LogP contribution in [0.15, 0.2) is 24.4 Å². The molecule has 0 aliphatic heterocycles. The molecule has 7 heteroatoms. The Kier molecular flexibility index (Phi) is 2.76. The molecular formula is C11H9F4N3. The first-order valence-corrected chi connectivity index (χ1v) is 4.95. The average molecular weight is 259 g/mol. The van der Waals surface area contributed by atoms with Crippen LogP contribution in [0.4, 0.5) is 23.2 Å². The third-order valence-electron chi connectivity index (χ3n) is 2.41. The molecule has 0 aliphatic carbocycles. The maximum atomic E-state index is 13.3. The fourth-order valence-electron chi connectivity index (χ4n) is 1.60. The van der Waals surface area contributed by atoms with Crippen molar-refractivity contribution in [1.82, 2.24) is 9.78 Å². The Labute approximate surface area is 99.8 Å². The number of benzene rings is 1. The van der Waals surface area contributed by atoms with Crippen molar-refractivity contribution in [2.45, 2.75) is 6.18 Å². The number of anilines is 1. The van der Waals surface area contributed by atoms with Crippen LogP contribution < -0.4 is 5.73 Å². The molecule has 0 atom stereocenters. The van der Waals surface area contributed by atoms with Crippen LogP contribution in [0, 0.1) is 5.82 Å². The summed E-state index contributed by atoms with van der Waals surface area (Å²) >= 11 is 0. The standard InChI is InChI=1S/C11H9F4N3/c1-18-5-7(10(17-18)11(13,14)15)6-2-3-9(16)8(12)4-6/h2-5H,16H2,1H3. The summed E-state index contributed by atoms with van der Waals surface area (Å²) in [6, 6.07) is 3.50. The van der Waals surface area contributed by atoms with Crippen LogP contribution in [0.1, 0.15) is 5.69 Å². The van der Waals surface area contributed by atoms with E-state index in [0.29, 0.717) is 0 Å². The second kappa shape index (κ2) is 4.01. The van der Waals surface area contributed by atoms with Gasteiger partial charge in [0.15, 0.2) is 5.69 Å². The lowest BCUT2D eigenvalue weighted by atomic mass is 10.1. The zero-order valence-electron chi connectivity index (χ0n) is 9.29. The molecule has 3 nitrogen and oxygen atoms in total. The van der Waals surface area contributed by atoms with E-state index < -0.39 is 17.7 Å². The molecule has 0 bridgehead atoms. The summed E-state index contributed by atoms with van der Waals surface area (Å²) in [5.74, 6) is -0.760. The van der Waals surface area contributed by atoms with Crippen LogP contribution in [0.3, 0.4) is 0 Å². The molecule has 2 rings (SSSR count). The Morgan fingerprint density at radius 2 is 1.94 bits per heavy atom. The second-order valence-electron chi connectivity index (χ2n) is 3.80. The number of nitrogens with zero attached hydrogens (tertiary/aromatic N) is 2. The summed E-state index contributed by atoms with van der Waals surface area (Å²) in [5, 5.41) is 3.35. The lowest BCUT2D eigenvalue weighted by molar-refractivity contribution is -0.140. The second-order valence-corrected chi connectivity index (χ2v) is 3.80. The van der Waals surface area contributed by atoms with E-state index in [1.54, 1.807) is 0 Å². The molecule has 96 valence electrons. The largest absolute Gasteiger partial charge is 0.435 e. The molecule has 0 unspecified atom stereocenters. The zero-order valence-corrected chi connectivity index (χ0v) is 9.29. The first-order chi connectivity index (χ1) is 8.29. The lowest BCUT2D eigenvalue weighted by Gasteiger charge is -2.06. The minimum Gasteiger partial charge on any atom is -0.396 e. The lowest BCUT2D eigenvalue weighted by Crippen LogP contribution is -2.08. The highest BCUT2D eigenvalue weighted by molar-refractivity contribution is 5.68. The number of nitrogens with two attached hydrogens (primary N) is 1. The SMILES string of the molecule is Cn1cc(-c2ccc(N)c(F)c2)c(C(F)(F)F)n1. The van der Waals surface area contributed by atoms with E-state index >= 15 is 0 Å². The highest BCUT2D eigenvalue weighted by atomic mass is 19.4. The normalized spacial score (nSPS) is 11.8. The number of nitrogen functional groups attached to an aromatic ring is 1. The fraction of sp³-hybridized carbons (Fsp3) is 0.182. The molecule has 0 spiro atoms. The minimum absolute atomic E-state index is 0.0853. The van der Waals surface area contributed by atoms with Crippen molar-refractivity contribution < 1.29 is 17.6 Å². The van der Waals surface area contributed by atoms with Gasteiger partial charge in [0.2, 0.25) is 0 Å². The molecule has 1 aromatic carbocycles. The van der Waals surface area contributed by atoms with Gasteiger partial charge in [-0.1, -0.05) is 6.07 Å². The maximum Gasteiger partial charge on any atom is 0.435 e. The highest BCUT2D eigenvalue weighted by Crippen LogP contribution is 2.36. The molecule has 0 saturated carbocycles. The number of rotatable bonds is 1. The van der Waals surface area contributed by atoms with Gasteiger partial charge in [0.1, 0.15) is 5.82 Å². The predicted octanol–water partition coefficient (Wildman–Crippen LogP) is 2.83. The predicted molar refractivity (Wildman–Crippen MR) is 58.0 cm³/mol. The molecule has 0 amide bonds. The molecule has 18 heavy (non-hydrogen) atoms. The van der Waals surface area contributed by atoms with Gasteiger partial charge in [0.05, 0.1) is 5.69 Å². The van der Waals surface area contributed by atoms with E-state index in [2.05, 4.69) is 5.10 Å². The third-order valence-corrected chi connectivity index (χ3v) is 2.41. The van der Waals surface area contributed by atoms with Gasteiger partial charge in [0, 0.05) is 18.8 Å². The smallest absolute Gasteiger partial charge is 0.396 e. The van der Waals surface area contributed by atoms with E-state index in [1.165, 1.54) is 25.4 Å². The molecular weight excluding hydrogens is 250 g/mol. The van der Waals surface area contributed by atoms with Gasteiger partial charge in [-0.25, -0.2) is 4.39 Å². The number of hydrogen-bond donors (Lipinski definition) is 1. The van der Waals surface area contributed by atoms with Gasteiger partial charge < -0.3 is 5.73 Å². The van der Waals surface area contributed by atoms with Crippen LogP contribution in [-0.4, -0.2) is 9.78 Å². The van der Waals surface area contributed by atoms with Gasteiger partial charge in [-0.2, -0.15) is 18.3 Å². The van der Waals surface area contributed by atoms with Crippen LogP contribution in [0.5, 0.6) is 0 Å². The van der Waals surface area contributed by atoms with Gasteiger partial charge in [-0.05, 0) is 17.7 Å². The summed E-state index contributed by atoms with van der Waals surface area (Å²) in [6.45, 7) is 0. The van der Waals surface area contributed by atoms with Gasteiger partial charge in [-0.3, -0.25) is 4.68 Å². The molecule has 0 radical (unpaired) electrons. The minimum atomic E-state index is -4.59. The van der Waals surface area contributed by atoms with E-state index in [1.807, 2.05) is 0 Å². The summed E-state index contributed by atoms with van der Waals surface area (Å²) in [6.07, 6.45) is -3.40. The molecule has 0 aliphatic rings. The summed E-state index contributed by atoms with van der Waals surface area (Å²) < 4.78 is 52.5. The van der Waals surface area contributed by atoms with E-state index in [-0.39, 0.29) is 16.8 Å². The van der Waals surface area contributed by atoms with Crippen molar-refractivity contribution in [2.75, 3.05) is 5.73 Å². The average Bonchev–Trinajstić information content (AvgIpc) is 2.64. The van der Waals surface area contributed by atoms with Crippen LogP contribution in [0.2, 0.25) is 0 Å². The van der Waals surface area contributed by atoms with Gasteiger partial charge in [-0.15, -0.1) is 0 Å². The van der Waals surface area contributed by atoms with Crippen LogP contribution in [-0.2, 0) is 13.2 Å². The van der Waals surface area contributed by atoms with Gasteiger partial charge in [0.25, 0.3) is 0 Å². The third kappa shape index (κ3) is 2.15. The number of aryl methyl sites for hydroxylation is 1. The Hall–Kier alpha value is -2.05. The van der Waals surface area contributed by atoms with Crippen molar-refractivity contribution >= 4 is 5.69 Å². The molecule has 0 saturated heterocycles. The summed E-state index contributed by atoms with van der Waals surface area (Å²) in [7, 11) is 1.37. The molecule has 1 aromatic heterocycles. The van der Waals surface area contributed by atoms with E-state index in [9.17, 15) is 17.6 Å². The number of hydrogen-bond acceptors (Lipinski definition) is 2. The number of aromatic nitrogens is 2. The van der Waals surface area contributed by atoms with Crippen molar-refractivity contribution in [3.8, 4) is 11.1 Å². The maximum absolute atomic E-state index is 13.3. The number of alkyl halides is 3. The topological polar surface area (TPSA) is 43.8 Å². The Bertz CT molecular complexity index is 586. The first-order valence-electron chi connectivity index (χ1n) is 4.95. The van der Waals surface area contributed by atoms with Crippen molar-refractivity contribution in [1.29, 1.82) is 0 Å². The Morgan fingerprint density at radius 1 is 1.28 bits per heavy atom. The first kappa shape index (κ1) is 12.4. The molecule has 2 N–H and O–H groups in total. The zero-order chi connectivity index (χ0) is 13.5. The van der Waals surface area contributed by atoms with Crippen molar-refractivity contribution in [3.05, 3.63) is 35.9 Å². The molecule has 1 heterocycles. The van der Waals surface area contributed by atoms with E-state index in [4.69, 9.17) is 5.73 Å². The Balaban J connectivity index is 2.60. The van der Waals surface area contributed by atoms with Crippen molar-refractivity contribution in [2.24, 2.45) is 7.05 Å². The van der Waals surface area contributed by atoms with Crippen LogP contribution >= 0.6 is 0 Å². The Morgan fingerprint density at radius 3 is 2.50 bits per heavy atom. The highest BCUT2D eigenvalue weighted by Gasteiger charge is 2.37.